The predicted octanol–water partition coefficient (Wildman–Crippen LogP) is 1.55. The molecule has 7 nitrogen and oxygen atoms in total. The highest BCUT2D eigenvalue weighted by atomic mass is 28.4. The van der Waals surface area contributed by atoms with Crippen LogP contribution in [0.1, 0.15) is 34.1 Å². The van der Waals surface area contributed by atoms with Crippen LogP contribution in [0.4, 0.5) is 4.79 Å². The molecule has 1 unspecified atom stereocenters. The van der Waals surface area contributed by atoms with Crippen LogP contribution < -0.4 is 5.32 Å². The fourth-order valence-corrected chi connectivity index (χ4v) is 4.49. The normalized spacial score (nSPS) is 13.2. The van der Waals surface area contributed by atoms with Crippen molar-refractivity contribution in [3.05, 3.63) is 0 Å². The Kier molecular flexibility index (Phi) is 8.94. The van der Waals surface area contributed by atoms with Gasteiger partial charge in [-0.2, -0.15) is 5.26 Å². The van der Waals surface area contributed by atoms with Crippen molar-refractivity contribution in [2.45, 2.75) is 39.8 Å². The summed E-state index contributed by atoms with van der Waals surface area (Å²) in [5.41, 5.74) is -0.461. The third-order valence-electron chi connectivity index (χ3n) is 2.25. The molecule has 0 aliphatic heterocycles. The lowest BCUT2D eigenvalue weighted by molar-refractivity contribution is -0.178. The largest absolute Gasteiger partial charge is 0.524 e. The monoisotopic (exact) mass is 281 g/mol. The van der Waals surface area contributed by atoms with E-state index in [1.54, 1.807) is 0 Å². The Morgan fingerprint density at radius 1 is 1.11 bits per heavy atom. The Morgan fingerprint density at radius 2 is 1.56 bits per heavy atom. The summed E-state index contributed by atoms with van der Waals surface area (Å²) in [6.07, 6.45) is -0.403. The van der Waals surface area contributed by atoms with Gasteiger partial charge in [-0.25, -0.2) is 4.79 Å². The van der Waals surface area contributed by atoms with Crippen LogP contribution >= 0.6 is 0 Å². The van der Waals surface area contributed by atoms with Gasteiger partial charge < -0.3 is 18.6 Å². The van der Waals surface area contributed by atoms with Gasteiger partial charge in [0.25, 0.3) is 0 Å². The SMILES string of the molecule is CCO[Si](OCC)(OCC)C(CC)NC(=O)OO. The van der Waals surface area contributed by atoms with Crippen LogP contribution in [0.25, 0.3) is 0 Å². The van der Waals surface area contributed by atoms with Crippen molar-refractivity contribution < 1.29 is 28.2 Å². The highest BCUT2D eigenvalue weighted by Crippen LogP contribution is 2.18. The molecule has 108 valence electrons. The van der Waals surface area contributed by atoms with E-state index < -0.39 is 20.6 Å². The maximum atomic E-state index is 11.1. The molecule has 0 aromatic carbocycles. The van der Waals surface area contributed by atoms with Crippen LogP contribution in [0, 0.1) is 0 Å². The van der Waals surface area contributed by atoms with Gasteiger partial charge in [0.2, 0.25) is 0 Å². The lowest BCUT2D eigenvalue weighted by Crippen LogP contribution is -2.62. The molecule has 1 atom stereocenters. The van der Waals surface area contributed by atoms with E-state index in [1.165, 1.54) is 0 Å². The Labute approximate surface area is 109 Å². The van der Waals surface area contributed by atoms with Crippen molar-refractivity contribution in [2.75, 3.05) is 19.8 Å². The quantitative estimate of drug-likeness (QED) is 0.379. The second kappa shape index (κ2) is 9.28. The molecule has 0 fully saturated rings. The van der Waals surface area contributed by atoms with Crippen LogP contribution in [-0.2, 0) is 18.2 Å². The first-order valence-electron chi connectivity index (χ1n) is 6.13. The third-order valence-corrected chi connectivity index (χ3v) is 5.73. The van der Waals surface area contributed by atoms with Gasteiger partial charge in [0.1, 0.15) is 5.67 Å². The number of carbonyl (C=O) groups excluding carboxylic acids is 1. The maximum absolute atomic E-state index is 11.1. The smallest absolute Gasteiger partial charge is 0.373 e. The maximum Gasteiger partial charge on any atom is 0.524 e. The van der Waals surface area contributed by atoms with Gasteiger partial charge in [-0.3, -0.25) is 4.89 Å². The first kappa shape index (κ1) is 17.3. The molecule has 0 aromatic rings. The van der Waals surface area contributed by atoms with Crippen LogP contribution in [0.3, 0.4) is 0 Å². The molecule has 0 spiro atoms. The van der Waals surface area contributed by atoms with E-state index in [-0.39, 0.29) is 0 Å². The molecule has 0 bridgehead atoms. The summed E-state index contributed by atoms with van der Waals surface area (Å²) in [4.78, 5) is 14.7. The molecular formula is C10H23NO6Si. The summed E-state index contributed by atoms with van der Waals surface area (Å²) in [7, 11) is -3.03. The lowest BCUT2D eigenvalue weighted by atomic mass is 10.5. The van der Waals surface area contributed by atoms with Gasteiger partial charge in [-0.1, -0.05) is 6.92 Å². The fraction of sp³-hybridized carbons (Fsp3) is 0.900. The van der Waals surface area contributed by atoms with Crippen molar-refractivity contribution in [3.8, 4) is 0 Å². The molecule has 8 heteroatoms. The Hall–Kier alpha value is -0.673. The number of amides is 1. The number of carbonyl (C=O) groups is 1. The molecule has 0 aliphatic carbocycles. The number of hydrogen-bond acceptors (Lipinski definition) is 6. The first-order chi connectivity index (χ1) is 8.60. The topological polar surface area (TPSA) is 86.2 Å². The van der Waals surface area contributed by atoms with Gasteiger partial charge in [0.15, 0.2) is 0 Å². The molecule has 18 heavy (non-hydrogen) atoms. The summed E-state index contributed by atoms with van der Waals surface area (Å²) in [6.45, 7) is 8.60. The van der Waals surface area contributed by atoms with E-state index in [0.29, 0.717) is 26.2 Å². The second-order valence-corrected chi connectivity index (χ2v) is 6.16. The van der Waals surface area contributed by atoms with Gasteiger partial charge >= 0.3 is 14.9 Å². The molecule has 0 saturated carbocycles. The van der Waals surface area contributed by atoms with E-state index >= 15 is 0 Å². The number of hydrogen-bond donors (Lipinski definition) is 2. The average Bonchev–Trinajstić information content (AvgIpc) is 2.36. The van der Waals surface area contributed by atoms with Crippen molar-refractivity contribution in [3.63, 3.8) is 0 Å². The second-order valence-electron chi connectivity index (χ2n) is 3.39. The first-order valence-corrected chi connectivity index (χ1v) is 7.94. The predicted molar refractivity (Wildman–Crippen MR) is 67.0 cm³/mol. The summed E-state index contributed by atoms with van der Waals surface area (Å²) in [6, 6.07) is 0. The molecule has 0 aromatic heterocycles. The molecule has 0 radical (unpaired) electrons. The van der Waals surface area contributed by atoms with E-state index in [2.05, 4.69) is 10.2 Å². The van der Waals surface area contributed by atoms with Gasteiger partial charge in [-0.05, 0) is 27.2 Å². The van der Waals surface area contributed by atoms with E-state index in [0.717, 1.165) is 0 Å². The van der Waals surface area contributed by atoms with Crippen molar-refractivity contribution in [1.29, 1.82) is 0 Å². The fourth-order valence-electron chi connectivity index (χ4n) is 1.64. The van der Waals surface area contributed by atoms with Crippen molar-refractivity contribution in [1.82, 2.24) is 5.32 Å². The third kappa shape index (κ3) is 4.90. The van der Waals surface area contributed by atoms with Gasteiger partial charge in [0, 0.05) is 19.8 Å². The average molecular weight is 281 g/mol. The van der Waals surface area contributed by atoms with Crippen LogP contribution in [0.2, 0.25) is 0 Å². The molecule has 2 N–H and O–H groups in total. The summed E-state index contributed by atoms with van der Waals surface area (Å²) < 4.78 is 17.0. The van der Waals surface area contributed by atoms with E-state index in [1.807, 2.05) is 27.7 Å². The Balaban J connectivity index is 4.99. The minimum Gasteiger partial charge on any atom is -0.373 e. The molecule has 0 aliphatic rings. The van der Waals surface area contributed by atoms with Gasteiger partial charge in [0.05, 0.1) is 0 Å². The van der Waals surface area contributed by atoms with Crippen molar-refractivity contribution in [2.24, 2.45) is 0 Å². The zero-order chi connectivity index (χ0) is 14.0. The minimum absolute atomic E-state index is 0.415. The number of rotatable bonds is 9. The van der Waals surface area contributed by atoms with Crippen LogP contribution in [-0.4, -0.2) is 45.6 Å². The summed E-state index contributed by atoms with van der Waals surface area (Å²) in [5, 5.41) is 10.8. The Bertz CT molecular complexity index is 223. The zero-order valence-corrected chi connectivity index (χ0v) is 12.4. The van der Waals surface area contributed by atoms with E-state index in [9.17, 15) is 4.79 Å². The standard InChI is InChI=1S/C10H23NO6Si/c1-5-9(11-10(12)17-13)18(14-6-2,15-7-3)16-8-4/h9,13H,5-8H2,1-4H3,(H,11,12). The van der Waals surface area contributed by atoms with Crippen LogP contribution in [0.15, 0.2) is 0 Å². The molecular weight excluding hydrogens is 258 g/mol. The lowest BCUT2D eigenvalue weighted by Gasteiger charge is -2.34. The van der Waals surface area contributed by atoms with Crippen LogP contribution in [0.5, 0.6) is 0 Å². The minimum atomic E-state index is -3.03. The molecule has 0 saturated heterocycles. The highest BCUT2D eigenvalue weighted by molar-refractivity contribution is 6.62. The van der Waals surface area contributed by atoms with Gasteiger partial charge in [-0.15, -0.1) is 0 Å². The highest BCUT2D eigenvalue weighted by Gasteiger charge is 2.49. The summed E-state index contributed by atoms with van der Waals surface area (Å²) >= 11 is 0. The molecule has 1 amide bonds. The Morgan fingerprint density at radius 3 is 1.83 bits per heavy atom. The number of nitrogens with one attached hydrogen (secondary N) is 1. The van der Waals surface area contributed by atoms with E-state index in [4.69, 9.17) is 18.5 Å². The summed E-state index contributed by atoms with van der Waals surface area (Å²) in [5.74, 6) is 0. The van der Waals surface area contributed by atoms with Crippen molar-refractivity contribution >= 4 is 14.9 Å². The molecule has 0 rings (SSSR count). The molecule has 0 heterocycles. The zero-order valence-electron chi connectivity index (χ0n) is 11.4.